The van der Waals surface area contributed by atoms with Crippen LogP contribution in [0.5, 0.6) is 0 Å². The van der Waals surface area contributed by atoms with Crippen molar-refractivity contribution >= 4 is 11.9 Å². The maximum absolute atomic E-state index is 12.4. The third-order valence-electron chi connectivity index (χ3n) is 3.52. The maximum Gasteiger partial charge on any atom is 0.307 e. The van der Waals surface area contributed by atoms with Crippen LogP contribution >= 0.6 is 0 Å². The predicted molar refractivity (Wildman–Crippen MR) is 65.5 cm³/mol. The highest BCUT2D eigenvalue weighted by molar-refractivity contribution is 5.85. The number of carbonyl (C=O) groups is 2. The second-order valence-corrected chi connectivity index (χ2v) is 5.02. The van der Waals surface area contributed by atoms with Crippen molar-refractivity contribution in [3.63, 3.8) is 0 Å². The van der Waals surface area contributed by atoms with E-state index in [1.807, 2.05) is 19.9 Å². The summed E-state index contributed by atoms with van der Waals surface area (Å²) in [7, 11) is 0. The second-order valence-electron chi connectivity index (χ2n) is 5.02. The molecule has 0 aliphatic heterocycles. The molecule has 0 aromatic carbocycles. The molecule has 0 radical (unpaired) electrons. The first-order chi connectivity index (χ1) is 8.49. The van der Waals surface area contributed by atoms with E-state index in [2.05, 4.69) is 0 Å². The van der Waals surface area contributed by atoms with Crippen LogP contribution < -0.4 is 0 Å². The highest BCUT2D eigenvalue weighted by Gasteiger charge is 2.40. The third kappa shape index (κ3) is 3.22. The lowest BCUT2D eigenvalue weighted by atomic mass is 9.94. The van der Waals surface area contributed by atoms with E-state index < -0.39 is 17.8 Å². The van der Waals surface area contributed by atoms with Gasteiger partial charge in [-0.15, -0.1) is 0 Å². The molecular weight excluding hydrogens is 232 g/mol. The minimum atomic E-state index is -0.880. The van der Waals surface area contributed by atoms with Crippen molar-refractivity contribution in [2.45, 2.75) is 45.6 Å². The molecule has 0 aromatic heterocycles. The normalized spacial score (nSPS) is 22.8. The lowest BCUT2D eigenvalue weighted by Gasteiger charge is -2.30. The zero-order chi connectivity index (χ0) is 13.7. The fourth-order valence-electron chi connectivity index (χ4n) is 2.56. The summed E-state index contributed by atoms with van der Waals surface area (Å²) in [6.45, 7) is 4.16. The molecule has 2 atom stereocenters. The van der Waals surface area contributed by atoms with E-state index in [0.717, 1.165) is 6.42 Å². The van der Waals surface area contributed by atoms with Crippen LogP contribution in [-0.2, 0) is 9.59 Å². The summed E-state index contributed by atoms with van der Waals surface area (Å²) in [4.78, 5) is 25.1. The van der Waals surface area contributed by atoms with Crippen molar-refractivity contribution in [3.05, 3.63) is 0 Å². The van der Waals surface area contributed by atoms with Gasteiger partial charge in [-0.25, -0.2) is 0 Å². The molecule has 5 heteroatoms. The third-order valence-corrected chi connectivity index (χ3v) is 3.52. The standard InChI is InChI=1S/C13H20N2O3/c1-9(2)15(8-4-7-14)12(16)10-5-3-6-11(10)13(17)18/h9-11H,3-6,8H2,1-2H3,(H,17,18)/t10-,11+/m1/s1. The number of carboxylic acids is 1. The molecule has 0 heterocycles. The van der Waals surface area contributed by atoms with Crippen LogP contribution in [0, 0.1) is 23.2 Å². The maximum atomic E-state index is 12.4. The van der Waals surface area contributed by atoms with Crippen LogP contribution in [0.3, 0.4) is 0 Å². The Morgan fingerprint density at radius 1 is 1.39 bits per heavy atom. The van der Waals surface area contributed by atoms with Gasteiger partial charge in [0, 0.05) is 12.6 Å². The van der Waals surface area contributed by atoms with Crippen LogP contribution in [0.15, 0.2) is 0 Å². The lowest BCUT2D eigenvalue weighted by Crippen LogP contribution is -2.43. The number of amides is 1. The van der Waals surface area contributed by atoms with Gasteiger partial charge >= 0.3 is 5.97 Å². The van der Waals surface area contributed by atoms with Gasteiger partial charge < -0.3 is 10.0 Å². The highest BCUT2D eigenvalue weighted by Crippen LogP contribution is 2.33. The minimum absolute atomic E-state index is 0.000829. The van der Waals surface area contributed by atoms with Gasteiger partial charge in [-0.2, -0.15) is 5.26 Å². The smallest absolute Gasteiger partial charge is 0.307 e. The lowest BCUT2D eigenvalue weighted by molar-refractivity contribution is -0.149. The Labute approximate surface area is 107 Å². The van der Waals surface area contributed by atoms with E-state index in [4.69, 9.17) is 10.4 Å². The molecule has 100 valence electrons. The summed E-state index contributed by atoms with van der Waals surface area (Å²) >= 11 is 0. The van der Waals surface area contributed by atoms with Crippen molar-refractivity contribution in [3.8, 4) is 6.07 Å². The molecule has 0 aromatic rings. The van der Waals surface area contributed by atoms with Gasteiger partial charge in [0.05, 0.1) is 24.3 Å². The van der Waals surface area contributed by atoms with Crippen molar-refractivity contribution in [1.29, 1.82) is 5.26 Å². The number of nitriles is 1. The van der Waals surface area contributed by atoms with Gasteiger partial charge in [0.1, 0.15) is 0 Å². The molecular formula is C13H20N2O3. The Kier molecular flexibility index (Phi) is 5.14. The summed E-state index contributed by atoms with van der Waals surface area (Å²) in [5.74, 6) is -1.95. The SMILES string of the molecule is CC(C)N(CCC#N)C(=O)[C@@H]1CCC[C@@H]1C(=O)O. The number of carboxylic acid groups (broad SMARTS) is 1. The fraction of sp³-hybridized carbons (Fsp3) is 0.769. The van der Waals surface area contributed by atoms with E-state index in [1.54, 1.807) is 4.90 Å². The van der Waals surface area contributed by atoms with Gasteiger partial charge in [-0.3, -0.25) is 9.59 Å². The molecule has 0 unspecified atom stereocenters. The van der Waals surface area contributed by atoms with Gasteiger partial charge in [0.15, 0.2) is 0 Å². The first-order valence-electron chi connectivity index (χ1n) is 6.39. The van der Waals surface area contributed by atoms with Gasteiger partial charge in [0.25, 0.3) is 0 Å². The molecule has 1 N–H and O–H groups in total. The molecule has 1 amide bonds. The molecule has 1 aliphatic rings. The number of nitrogens with zero attached hydrogens (tertiary/aromatic N) is 2. The highest BCUT2D eigenvalue weighted by atomic mass is 16.4. The number of hydrogen-bond acceptors (Lipinski definition) is 3. The predicted octanol–water partition coefficient (Wildman–Crippen LogP) is 1.64. The van der Waals surface area contributed by atoms with Gasteiger partial charge in [0.2, 0.25) is 5.91 Å². The van der Waals surface area contributed by atoms with Crippen LogP contribution in [-0.4, -0.2) is 34.5 Å². The van der Waals surface area contributed by atoms with Crippen molar-refractivity contribution < 1.29 is 14.7 Å². The number of carbonyl (C=O) groups excluding carboxylic acids is 1. The Bertz CT molecular complexity index is 360. The van der Waals surface area contributed by atoms with Crippen LogP contribution in [0.25, 0.3) is 0 Å². The Morgan fingerprint density at radius 3 is 2.50 bits per heavy atom. The first-order valence-corrected chi connectivity index (χ1v) is 6.39. The van der Waals surface area contributed by atoms with E-state index >= 15 is 0 Å². The molecule has 1 saturated carbocycles. The fourth-order valence-corrected chi connectivity index (χ4v) is 2.56. The Hall–Kier alpha value is -1.57. The zero-order valence-corrected chi connectivity index (χ0v) is 10.9. The Balaban J connectivity index is 2.76. The number of aliphatic carboxylic acids is 1. The molecule has 1 rings (SSSR count). The number of hydrogen-bond donors (Lipinski definition) is 1. The monoisotopic (exact) mass is 252 g/mol. The van der Waals surface area contributed by atoms with Crippen molar-refractivity contribution in [1.82, 2.24) is 4.90 Å². The summed E-state index contributed by atoms with van der Waals surface area (Å²) in [6, 6.07) is 2.02. The summed E-state index contributed by atoms with van der Waals surface area (Å²) < 4.78 is 0. The zero-order valence-electron chi connectivity index (χ0n) is 10.9. The van der Waals surface area contributed by atoms with Gasteiger partial charge in [-0.1, -0.05) is 6.42 Å². The quantitative estimate of drug-likeness (QED) is 0.806. The van der Waals surface area contributed by atoms with E-state index in [1.165, 1.54) is 0 Å². The largest absolute Gasteiger partial charge is 0.481 e. The van der Waals surface area contributed by atoms with E-state index in [0.29, 0.717) is 19.4 Å². The summed E-state index contributed by atoms with van der Waals surface area (Å²) in [5.41, 5.74) is 0. The van der Waals surface area contributed by atoms with Crippen LogP contribution in [0.1, 0.15) is 39.5 Å². The van der Waals surface area contributed by atoms with Crippen molar-refractivity contribution in [2.75, 3.05) is 6.54 Å². The molecule has 0 bridgehead atoms. The van der Waals surface area contributed by atoms with Crippen molar-refractivity contribution in [2.24, 2.45) is 11.8 Å². The van der Waals surface area contributed by atoms with Gasteiger partial charge in [-0.05, 0) is 26.7 Å². The van der Waals surface area contributed by atoms with Crippen LogP contribution in [0.2, 0.25) is 0 Å². The molecule has 1 aliphatic carbocycles. The number of rotatable bonds is 5. The molecule has 1 fully saturated rings. The van der Waals surface area contributed by atoms with Crippen LogP contribution in [0.4, 0.5) is 0 Å². The first kappa shape index (κ1) is 14.5. The van der Waals surface area contributed by atoms with E-state index in [-0.39, 0.29) is 18.4 Å². The Morgan fingerprint density at radius 2 is 2.00 bits per heavy atom. The average Bonchev–Trinajstić information content (AvgIpc) is 2.77. The summed E-state index contributed by atoms with van der Waals surface area (Å²) in [6.07, 6.45) is 2.30. The summed E-state index contributed by atoms with van der Waals surface area (Å²) in [5, 5.41) is 17.7. The minimum Gasteiger partial charge on any atom is -0.481 e. The average molecular weight is 252 g/mol. The molecule has 0 saturated heterocycles. The second kappa shape index (κ2) is 6.39. The van der Waals surface area contributed by atoms with E-state index in [9.17, 15) is 9.59 Å². The topological polar surface area (TPSA) is 81.4 Å². The molecule has 0 spiro atoms. The molecule has 5 nitrogen and oxygen atoms in total. The molecule has 18 heavy (non-hydrogen) atoms.